The van der Waals surface area contributed by atoms with Gasteiger partial charge in [0.25, 0.3) is 0 Å². The molecule has 112 valence electrons. The molecule has 0 unspecified atom stereocenters. The first-order valence-electron chi connectivity index (χ1n) is 7.24. The summed E-state index contributed by atoms with van der Waals surface area (Å²) < 4.78 is 26.9. The quantitative estimate of drug-likeness (QED) is 0.799. The van der Waals surface area contributed by atoms with Crippen molar-refractivity contribution in [2.75, 3.05) is 6.54 Å². The summed E-state index contributed by atoms with van der Waals surface area (Å²) in [7, 11) is -3.39. The Balaban J connectivity index is 1.86. The fourth-order valence-electron chi connectivity index (χ4n) is 2.13. The number of rotatable bonds is 7. The van der Waals surface area contributed by atoms with Crippen molar-refractivity contribution in [1.82, 2.24) is 4.72 Å². The second kappa shape index (κ2) is 7.38. The first-order valence-corrected chi connectivity index (χ1v) is 8.72. The lowest BCUT2D eigenvalue weighted by Gasteiger charge is -2.07. The van der Waals surface area contributed by atoms with Crippen LogP contribution in [0.3, 0.4) is 0 Å². The molecule has 2 rings (SSSR count). The maximum absolute atomic E-state index is 12.1. The lowest BCUT2D eigenvalue weighted by atomic mass is 10.1. The van der Waals surface area contributed by atoms with Crippen LogP contribution in [0.15, 0.2) is 59.5 Å². The van der Waals surface area contributed by atoms with Crippen molar-refractivity contribution >= 4 is 10.0 Å². The monoisotopic (exact) mass is 303 g/mol. The van der Waals surface area contributed by atoms with Crippen LogP contribution in [0, 0.1) is 0 Å². The molecule has 0 fully saturated rings. The first kappa shape index (κ1) is 15.7. The summed E-state index contributed by atoms with van der Waals surface area (Å²) in [5.74, 6) is 0. The summed E-state index contributed by atoms with van der Waals surface area (Å²) in [5.41, 5.74) is 2.36. The van der Waals surface area contributed by atoms with E-state index in [0.29, 0.717) is 11.4 Å². The molecule has 0 aliphatic heterocycles. The molecule has 0 aliphatic rings. The van der Waals surface area contributed by atoms with Crippen LogP contribution in [0.1, 0.15) is 24.5 Å². The molecule has 21 heavy (non-hydrogen) atoms. The number of hydrogen-bond acceptors (Lipinski definition) is 2. The van der Waals surface area contributed by atoms with Gasteiger partial charge in [-0.05, 0) is 42.5 Å². The van der Waals surface area contributed by atoms with Gasteiger partial charge in [-0.1, -0.05) is 49.4 Å². The predicted molar refractivity (Wildman–Crippen MR) is 85.8 cm³/mol. The average molecular weight is 303 g/mol. The van der Waals surface area contributed by atoms with Crippen LogP contribution in [0.2, 0.25) is 0 Å². The Morgan fingerprint density at radius 3 is 2.19 bits per heavy atom. The highest BCUT2D eigenvalue weighted by molar-refractivity contribution is 7.89. The number of hydrogen-bond donors (Lipinski definition) is 1. The minimum atomic E-state index is -3.39. The zero-order chi connectivity index (χ0) is 15.1. The minimum Gasteiger partial charge on any atom is -0.211 e. The van der Waals surface area contributed by atoms with Gasteiger partial charge in [0.05, 0.1) is 4.90 Å². The van der Waals surface area contributed by atoms with Gasteiger partial charge in [-0.2, -0.15) is 0 Å². The Hall–Kier alpha value is -1.65. The first-order chi connectivity index (χ1) is 10.1. The van der Waals surface area contributed by atoms with Crippen LogP contribution in [0.4, 0.5) is 0 Å². The van der Waals surface area contributed by atoms with Gasteiger partial charge in [0.15, 0.2) is 0 Å². The van der Waals surface area contributed by atoms with Gasteiger partial charge in [0.1, 0.15) is 0 Å². The minimum absolute atomic E-state index is 0.333. The van der Waals surface area contributed by atoms with Gasteiger partial charge in [0, 0.05) is 6.54 Å². The molecule has 0 spiro atoms. The summed E-state index contributed by atoms with van der Waals surface area (Å²) >= 11 is 0. The number of benzene rings is 2. The normalized spacial score (nSPS) is 11.5. The van der Waals surface area contributed by atoms with Crippen LogP contribution in [0.25, 0.3) is 0 Å². The molecule has 3 nitrogen and oxygen atoms in total. The fourth-order valence-corrected chi connectivity index (χ4v) is 3.21. The maximum Gasteiger partial charge on any atom is 0.240 e. The Labute approximate surface area is 127 Å². The Bertz CT molecular complexity index is 649. The van der Waals surface area contributed by atoms with E-state index in [1.807, 2.05) is 37.3 Å². The van der Waals surface area contributed by atoms with Crippen LogP contribution in [-0.4, -0.2) is 15.0 Å². The van der Waals surface area contributed by atoms with Crippen molar-refractivity contribution in [3.05, 3.63) is 65.7 Å². The van der Waals surface area contributed by atoms with Crippen molar-refractivity contribution in [3.63, 3.8) is 0 Å². The molecule has 0 saturated carbocycles. The SMILES string of the molecule is CCc1ccc(S(=O)(=O)NCCCc2ccccc2)cc1. The lowest BCUT2D eigenvalue weighted by molar-refractivity contribution is 0.579. The smallest absolute Gasteiger partial charge is 0.211 e. The van der Waals surface area contributed by atoms with E-state index in [-0.39, 0.29) is 0 Å². The van der Waals surface area contributed by atoms with Gasteiger partial charge in [-0.15, -0.1) is 0 Å². The molecule has 1 N–H and O–H groups in total. The van der Waals surface area contributed by atoms with Crippen LogP contribution in [-0.2, 0) is 22.9 Å². The third-order valence-electron chi connectivity index (χ3n) is 3.42. The Morgan fingerprint density at radius 2 is 1.57 bits per heavy atom. The van der Waals surface area contributed by atoms with E-state index in [9.17, 15) is 8.42 Å². The highest BCUT2D eigenvalue weighted by Gasteiger charge is 2.12. The lowest BCUT2D eigenvalue weighted by Crippen LogP contribution is -2.25. The fraction of sp³-hybridized carbons (Fsp3) is 0.294. The van der Waals surface area contributed by atoms with Gasteiger partial charge in [0.2, 0.25) is 10.0 Å². The van der Waals surface area contributed by atoms with Crippen molar-refractivity contribution < 1.29 is 8.42 Å². The second-order valence-corrected chi connectivity index (χ2v) is 6.75. The van der Waals surface area contributed by atoms with E-state index in [1.165, 1.54) is 5.56 Å². The zero-order valence-corrected chi connectivity index (χ0v) is 13.1. The molecule has 4 heteroatoms. The third kappa shape index (κ3) is 4.69. The van der Waals surface area contributed by atoms with Gasteiger partial charge < -0.3 is 0 Å². The molecular weight excluding hydrogens is 282 g/mol. The van der Waals surface area contributed by atoms with Crippen molar-refractivity contribution in [2.24, 2.45) is 0 Å². The van der Waals surface area contributed by atoms with E-state index in [2.05, 4.69) is 16.9 Å². The van der Waals surface area contributed by atoms with Gasteiger partial charge in [-0.25, -0.2) is 13.1 Å². The molecule has 0 saturated heterocycles. The van der Waals surface area contributed by atoms with Gasteiger partial charge in [-0.3, -0.25) is 0 Å². The largest absolute Gasteiger partial charge is 0.240 e. The molecule has 0 amide bonds. The second-order valence-electron chi connectivity index (χ2n) is 4.98. The zero-order valence-electron chi connectivity index (χ0n) is 12.2. The van der Waals surface area contributed by atoms with E-state index < -0.39 is 10.0 Å². The molecule has 0 bridgehead atoms. The molecule has 2 aromatic rings. The molecule has 0 aliphatic carbocycles. The molecule has 0 aromatic heterocycles. The van der Waals surface area contributed by atoms with Crippen molar-refractivity contribution in [3.8, 4) is 0 Å². The summed E-state index contributed by atoms with van der Waals surface area (Å²) in [6.07, 6.45) is 2.57. The number of aryl methyl sites for hydroxylation is 2. The standard InChI is InChI=1S/C17H21NO2S/c1-2-15-10-12-17(13-11-15)21(19,20)18-14-6-9-16-7-4-3-5-8-16/h3-5,7-8,10-13,18H,2,6,9,14H2,1H3. The predicted octanol–water partition coefficient (Wildman–Crippen LogP) is 3.16. The highest BCUT2D eigenvalue weighted by Crippen LogP contribution is 2.11. The summed E-state index contributed by atoms with van der Waals surface area (Å²) in [5, 5.41) is 0. The number of sulfonamides is 1. The summed E-state index contributed by atoms with van der Waals surface area (Å²) in [6, 6.07) is 17.1. The molecule has 0 atom stereocenters. The Morgan fingerprint density at radius 1 is 0.905 bits per heavy atom. The topological polar surface area (TPSA) is 46.2 Å². The van der Waals surface area contributed by atoms with E-state index in [4.69, 9.17) is 0 Å². The van der Waals surface area contributed by atoms with Crippen molar-refractivity contribution in [2.45, 2.75) is 31.1 Å². The van der Waals surface area contributed by atoms with Crippen LogP contribution >= 0.6 is 0 Å². The summed E-state index contributed by atoms with van der Waals surface area (Å²) in [4.78, 5) is 0.333. The molecular formula is C17H21NO2S. The Kier molecular flexibility index (Phi) is 5.53. The average Bonchev–Trinajstić information content (AvgIpc) is 2.53. The van der Waals surface area contributed by atoms with Crippen molar-refractivity contribution in [1.29, 1.82) is 0 Å². The molecule has 0 radical (unpaired) electrons. The van der Waals surface area contributed by atoms with E-state index >= 15 is 0 Å². The van der Waals surface area contributed by atoms with Crippen LogP contribution < -0.4 is 4.72 Å². The summed E-state index contributed by atoms with van der Waals surface area (Å²) in [6.45, 7) is 2.50. The van der Waals surface area contributed by atoms with Gasteiger partial charge >= 0.3 is 0 Å². The third-order valence-corrected chi connectivity index (χ3v) is 4.90. The van der Waals surface area contributed by atoms with E-state index in [0.717, 1.165) is 24.8 Å². The molecule has 0 heterocycles. The highest BCUT2D eigenvalue weighted by atomic mass is 32.2. The maximum atomic E-state index is 12.1. The molecule has 2 aromatic carbocycles. The number of nitrogens with one attached hydrogen (secondary N) is 1. The van der Waals surface area contributed by atoms with Crippen LogP contribution in [0.5, 0.6) is 0 Å². The van der Waals surface area contributed by atoms with E-state index in [1.54, 1.807) is 12.1 Å².